The Labute approximate surface area is 165 Å². The first-order valence-corrected chi connectivity index (χ1v) is 9.91. The molecule has 1 aliphatic heterocycles. The van der Waals surface area contributed by atoms with Crippen molar-refractivity contribution in [1.82, 2.24) is 24.4 Å². The lowest BCUT2D eigenvalue weighted by molar-refractivity contribution is 0.192. The molecule has 1 saturated heterocycles. The van der Waals surface area contributed by atoms with Crippen LogP contribution < -0.4 is 0 Å². The van der Waals surface area contributed by atoms with Crippen molar-refractivity contribution in [1.29, 1.82) is 0 Å². The minimum absolute atomic E-state index is 0.367. The zero-order valence-corrected chi connectivity index (χ0v) is 16.3. The summed E-state index contributed by atoms with van der Waals surface area (Å²) < 4.78 is 2.21. The fourth-order valence-electron chi connectivity index (χ4n) is 3.91. The van der Waals surface area contributed by atoms with E-state index in [9.17, 15) is 0 Å². The predicted octanol–water partition coefficient (Wildman–Crippen LogP) is 4.39. The number of nitrogens with zero attached hydrogens (tertiary/aromatic N) is 5. The quantitative estimate of drug-likeness (QED) is 0.657. The molecular formula is C21H24ClN5. The molecule has 4 rings (SSSR count). The van der Waals surface area contributed by atoms with Gasteiger partial charge < -0.3 is 4.57 Å². The number of aryl methyl sites for hydroxylation is 1. The highest BCUT2D eigenvalue weighted by Crippen LogP contribution is 2.32. The second-order valence-electron chi connectivity index (χ2n) is 7.00. The van der Waals surface area contributed by atoms with Crippen LogP contribution in [0.3, 0.4) is 0 Å². The average molecular weight is 382 g/mol. The zero-order valence-electron chi connectivity index (χ0n) is 15.6. The van der Waals surface area contributed by atoms with E-state index < -0.39 is 0 Å². The molecule has 6 heteroatoms. The van der Waals surface area contributed by atoms with Gasteiger partial charge in [-0.05, 0) is 38.4 Å². The predicted molar refractivity (Wildman–Crippen MR) is 108 cm³/mol. The molecule has 1 aliphatic rings. The number of hydrogen-bond acceptors (Lipinski definition) is 4. The SMILES string of the molecule is CCn1ccnc1CN1CCCC(c2nccnc2-c2cccc(Cl)c2)C1. The molecule has 27 heavy (non-hydrogen) atoms. The van der Waals surface area contributed by atoms with Crippen molar-refractivity contribution in [2.24, 2.45) is 0 Å². The van der Waals surface area contributed by atoms with Crippen LogP contribution in [0, 0.1) is 0 Å². The van der Waals surface area contributed by atoms with Gasteiger partial charge in [0.1, 0.15) is 5.82 Å². The van der Waals surface area contributed by atoms with Crippen LogP contribution in [-0.2, 0) is 13.1 Å². The summed E-state index contributed by atoms with van der Waals surface area (Å²) in [7, 11) is 0. The van der Waals surface area contributed by atoms with Crippen LogP contribution >= 0.6 is 11.6 Å². The molecular weight excluding hydrogens is 358 g/mol. The Morgan fingerprint density at radius 2 is 2.04 bits per heavy atom. The van der Waals surface area contributed by atoms with Gasteiger partial charge in [0.25, 0.3) is 0 Å². The number of aromatic nitrogens is 4. The van der Waals surface area contributed by atoms with Crippen LogP contribution in [-0.4, -0.2) is 37.5 Å². The lowest BCUT2D eigenvalue weighted by Crippen LogP contribution is -2.35. The Balaban J connectivity index is 1.57. The van der Waals surface area contributed by atoms with Crippen molar-refractivity contribution in [2.75, 3.05) is 13.1 Å². The first-order chi connectivity index (χ1) is 13.2. The second-order valence-corrected chi connectivity index (χ2v) is 7.44. The Bertz CT molecular complexity index is 907. The van der Waals surface area contributed by atoms with Crippen molar-refractivity contribution in [3.63, 3.8) is 0 Å². The minimum Gasteiger partial charge on any atom is -0.334 e. The summed E-state index contributed by atoms with van der Waals surface area (Å²) in [5.74, 6) is 1.50. The van der Waals surface area contributed by atoms with E-state index in [1.807, 2.05) is 24.4 Å². The summed E-state index contributed by atoms with van der Waals surface area (Å²) in [5, 5.41) is 0.723. The van der Waals surface area contributed by atoms with Crippen LogP contribution in [0.4, 0.5) is 0 Å². The van der Waals surface area contributed by atoms with Crippen molar-refractivity contribution in [3.05, 3.63) is 65.6 Å². The van der Waals surface area contributed by atoms with E-state index in [-0.39, 0.29) is 0 Å². The summed E-state index contributed by atoms with van der Waals surface area (Å²) in [6.45, 7) is 6.06. The first-order valence-electron chi connectivity index (χ1n) is 9.53. The van der Waals surface area contributed by atoms with E-state index in [1.54, 1.807) is 12.4 Å². The zero-order chi connectivity index (χ0) is 18.6. The molecule has 5 nitrogen and oxygen atoms in total. The molecule has 0 amide bonds. The Kier molecular flexibility index (Phi) is 5.50. The summed E-state index contributed by atoms with van der Waals surface area (Å²) >= 11 is 6.20. The summed E-state index contributed by atoms with van der Waals surface area (Å²) in [6.07, 6.45) is 9.79. The third kappa shape index (κ3) is 4.04. The molecule has 3 aromatic rings. The van der Waals surface area contributed by atoms with Crippen LogP contribution in [0.5, 0.6) is 0 Å². The van der Waals surface area contributed by atoms with E-state index in [0.29, 0.717) is 5.92 Å². The molecule has 0 spiro atoms. The maximum atomic E-state index is 6.20. The third-order valence-corrected chi connectivity index (χ3v) is 5.46. The lowest BCUT2D eigenvalue weighted by Gasteiger charge is -2.32. The van der Waals surface area contributed by atoms with E-state index in [1.165, 1.54) is 0 Å². The molecule has 3 heterocycles. The molecule has 1 atom stereocenters. The second kappa shape index (κ2) is 8.19. The first kappa shape index (κ1) is 18.1. The average Bonchev–Trinajstić information content (AvgIpc) is 3.15. The van der Waals surface area contributed by atoms with Gasteiger partial charge in [0, 0.05) is 54.4 Å². The standard InChI is InChI=1S/C21H24ClN5/c1-2-27-12-10-23-19(27)15-26-11-4-6-17(14-26)21-20(24-8-9-25-21)16-5-3-7-18(22)13-16/h3,5,7-10,12-13,17H,2,4,6,11,14-15H2,1H3. The molecule has 0 aliphatic carbocycles. The molecule has 2 aromatic heterocycles. The Morgan fingerprint density at radius 1 is 1.15 bits per heavy atom. The van der Waals surface area contributed by atoms with Gasteiger partial charge in [0.15, 0.2) is 0 Å². The van der Waals surface area contributed by atoms with Crippen molar-refractivity contribution in [2.45, 2.75) is 38.8 Å². The van der Waals surface area contributed by atoms with Gasteiger partial charge in [-0.1, -0.05) is 23.7 Å². The van der Waals surface area contributed by atoms with Crippen molar-refractivity contribution >= 4 is 11.6 Å². The number of rotatable bonds is 5. The van der Waals surface area contributed by atoms with Crippen LogP contribution in [0.25, 0.3) is 11.3 Å². The van der Waals surface area contributed by atoms with Crippen LogP contribution in [0.15, 0.2) is 49.1 Å². The highest BCUT2D eigenvalue weighted by molar-refractivity contribution is 6.30. The molecule has 0 N–H and O–H groups in total. The fraction of sp³-hybridized carbons (Fsp3) is 0.381. The maximum absolute atomic E-state index is 6.20. The summed E-state index contributed by atoms with van der Waals surface area (Å²) in [6, 6.07) is 7.87. The summed E-state index contributed by atoms with van der Waals surface area (Å²) in [4.78, 5) is 16.4. The van der Waals surface area contributed by atoms with Crippen LogP contribution in [0.2, 0.25) is 5.02 Å². The lowest BCUT2D eigenvalue weighted by atomic mass is 9.91. The molecule has 1 fully saturated rings. The number of likely N-dealkylation sites (tertiary alicyclic amines) is 1. The van der Waals surface area contributed by atoms with Gasteiger partial charge in [0.2, 0.25) is 0 Å². The number of benzene rings is 1. The number of piperidine rings is 1. The maximum Gasteiger partial charge on any atom is 0.122 e. The van der Waals surface area contributed by atoms with Gasteiger partial charge >= 0.3 is 0 Å². The number of hydrogen-bond donors (Lipinski definition) is 0. The van der Waals surface area contributed by atoms with E-state index in [4.69, 9.17) is 16.6 Å². The van der Waals surface area contributed by atoms with E-state index in [2.05, 4.69) is 38.6 Å². The van der Waals surface area contributed by atoms with Gasteiger partial charge in [-0.15, -0.1) is 0 Å². The monoisotopic (exact) mass is 381 g/mol. The molecule has 0 saturated carbocycles. The van der Waals surface area contributed by atoms with Gasteiger partial charge in [0.05, 0.1) is 17.9 Å². The normalized spacial score (nSPS) is 17.9. The highest BCUT2D eigenvalue weighted by Gasteiger charge is 2.26. The Morgan fingerprint density at radius 3 is 2.89 bits per heavy atom. The molecule has 140 valence electrons. The van der Waals surface area contributed by atoms with Gasteiger partial charge in [-0.2, -0.15) is 0 Å². The van der Waals surface area contributed by atoms with Crippen molar-refractivity contribution < 1.29 is 0 Å². The summed E-state index contributed by atoms with van der Waals surface area (Å²) in [5.41, 5.74) is 3.05. The fourth-order valence-corrected chi connectivity index (χ4v) is 4.10. The van der Waals surface area contributed by atoms with E-state index >= 15 is 0 Å². The number of halogens is 1. The van der Waals surface area contributed by atoms with Crippen molar-refractivity contribution in [3.8, 4) is 11.3 Å². The van der Waals surface area contributed by atoms with E-state index in [0.717, 1.165) is 66.8 Å². The smallest absolute Gasteiger partial charge is 0.122 e. The molecule has 1 aromatic carbocycles. The Hall–Kier alpha value is -2.24. The van der Waals surface area contributed by atoms with Gasteiger partial charge in [-0.25, -0.2) is 4.98 Å². The van der Waals surface area contributed by atoms with Crippen LogP contribution in [0.1, 0.15) is 37.2 Å². The minimum atomic E-state index is 0.367. The topological polar surface area (TPSA) is 46.8 Å². The molecule has 0 bridgehead atoms. The number of imidazole rings is 1. The largest absolute Gasteiger partial charge is 0.334 e. The molecule has 0 radical (unpaired) electrons. The highest BCUT2D eigenvalue weighted by atomic mass is 35.5. The molecule has 1 unspecified atom stereocenters. The third-order valence-electron chi connectivity index (χ3n) is 5.22. The van der Waals surface area contributed by atoms with Gasteiger partial charge in [-0.3, -0.25) is 14.9 Å².